The number of ether oxygens (including phenoxy) is 6. The maximum Gasteiger partial charge on any atom is 0.330 e. The van der Waals surface area contributed by atoms with Gasteiger partial charge in [-0.15, -0.1) is 11.3 Å². The molecule has 7 amide bonds. The van der Waals surface area contributed by atoms with Gasteiger partial charge in [-0.2, -0.15) is 0 Å². The van der Waals surface area contributed by atoms with Crippen LogP contribution >= 0.6 is 57.9 Å². The number of hydrogen-bond acceptors (Lipinski definition) is 27. The summed E-state index contributed by atoms with van der Waals surface area (Å²) in [6.07, 6.45) is -18.0. The SMILES string of the molecule is CN[C@@H](CC(C)C)C(=O)N[C@H]1C(=O)N[C@@H](CC(N)=O)C(=O)N[C@H]2C(=O)NC3C(=O)N[C@H](C(=O)N[C@@H](C(=O)O)c4cc(O)cc(O)c4-c4cc3ccc4O)[C@H](O)c3ccc(c(Cl)c3)Oc3cc2cc(c3OC2OC(CSc3nc4cc(Cl)ccc4s3)C(O)C(O)C2OC2CC(C)(N)C(O)C(C)O2)Oc2ccc(cc2Cl)[C@H]1O. The van der Waals surface area contributed by atoms with Crippen LogP contribution in [0.25, 0.3) is 21.3 Å². The summed E-state index contributed by atoms with van der Waals surface area (Å²) in [6, 6.07) is 4.70. The summed E-state index contributed by atoms with van der Waals surface area (Å²) in [4.78, 5) is 123. The molecule has 0 spiro atoms. The van der Waals surface area contributed by atoms with Gasteiger partial charge in [0.15, 0.2) is 34.3 Å². The Hall–Kier alpha value is -9.41. The number of thioether (sulfide) groups is 1. The van der Waals surface area contributed by atoms with E-state index in [1.54, 1.807) is 18.2 Å². The Morgan fingerprint density at radius 3 is 2.00 bits per heavy atom. The second kappa shape index (κ2) is 33.1. The molecule has 18 atom stereocenters. The van der Waals surface area contributed by atoms with E-state index >= 15 is 14.4 Å². The first-order valence-corrected chi connectivity index (χ1v) is 37.5. The van der Waals surface area contributed by atoms with Gasteiger partial charge in [0.25, 0.3) is 0 Å². The predicted molar refractivity (Wildman–Crippen MR) is 398 cm³/mol. The van der Waals surface area contributed by atoms with Gasteiger partial charge in [0, 0.05) is 45.5 Å². The highest BCUT2D eigenvalue weighted by atomic mass is 35.5. The van der Waals surface area contributed by atoms with Gasteiger partial charge >= 0.3 is 5.97 Å². The van der Waals surface area contributed by atoms with Crippen molar-refractivity contribution in [1.29, 1.82) is 0 Å². The molecule has 7 aromatic rings. The number of nitrogens with one attached hydrogen (secondary N) is 7. The lowest BCUT2D eigenvalue weighted by molar-refractivity contribution is -0.329. The van der Waals surface area contributed by atoms with Crippen molar-refractivity contribution in [3.05, 3.63) is 140 Å². The number of likely N-dealkylation sites (N-methyl/N-ethyl adjacent to an activating group) is 1. The third-order valence-electron chi connectivity index (χ3n) is 19.3. The number of fused-ring (bicyclic) bond motifs is 16. The van der Waals surface area contributed by atoms with Crippen LogP contribution in [-0.2, 0) is 52.6 Å². The molecule has 0 saturated carbocycles. The molecule has 7 aliphatic rings. The summed E-state index contributed by atoms with van der Waals surface area (Å²) in [5.74, 6) is -16.0. The van der Waals surface area contributed by atoms with Gasteiger partial charge in [-0.1, -0.05) is 78.6 Å². The highest BCUT2D eigenvalue weighted by Gasteiger charge is 2.52. The first-order valence-electron chi connectivity index (χ1n) is 34.6. The molecular formula is C73H77Cl3N10O23S2. The molecule has 20 N–H and O–H groups in total. The lowest BCUT2D eigenvalue weighted by atomic mass is 9.86. The van der Waals surface area contributed by atoms with Crippen LogP contribution in [0, 0.1) is 5.92 Å². The second-order valence-corrected chi connectivity index (χ2v) is 31.5. The molecular weight excluding hydrogens is 1560 g/mol. The molecule has 2 fully saturated rings. The van der Waals surface area contributed by atoms with E-state index in [4.69, 9.17) is 74.7 Å². The van der Waals surface area contributed by atoms with Crippen molar-refractivity contribution < 1.29 is 113 Å². The minimum absolute atomic E-state index is 0.102. The van der Waals surface area contributed by atoms with Crippen LogP contribution in [0.2, 0.25) is 15.1 Å². The van der Waals surface area contributed by atoms with Crippen LogP contribution in [0.4, 0.5) is 0 Å². The first kappa shape index (κ1) is 81.1. The zero-order chi connectivity index (χ0) is 80.1. The minimum atomic E-state index is -2.35. The van der Waals surface area contributed by atoms with Gasteiger partial charge < -0.3 is 123 Å². The number of nitrogens with zero attached hydrogens (tertiary/aromatic N) is 1. The smallest absolute Gasteiger partial charge is 0.330 e. The van der Waals surface area contributed by atoms with Crippen molar-refractivity contribution >= 4 is 115 Å². The number of aliphatic hydroxyl groups excluding tert-OH is 5. The summed E-state index contributed by atoms with van der Waals surface area (Å²) in [5, 5.41) is 123. The number of carboxylic acids is 1. The number of carbonyl (C=O) groups excluding carboxylic acids is 7. The highest BCUT2D eigenvalue weighted by molar-refractivity contribution is 8.01. The maximum atomic E-state index is 16.2. The largest absolute Gasteiger partial charge is 0.508 e. The Morgan fingerprint density at radius 1 is 0.730 bits per heavy atom. The predicted octanol–water partition coefficient (Wildman–Crippen LogP) is 4.17. The molecule has 111 heavy (non-hydrogen) atoms. The van der Waals surface area contributed by atoms with Gasteiger partial charge in [0.2, 0.25) is 53.4 Å². The fraction of sp³-hybridized carbons (Fsp3) is 0.384. The number of aromatic hydroxyl groups is 3. The number of nitrogens with two attached hydrogens (primary N) is 2. The second-order valence-electron chi connectivity index (χ2n) is 27.9. The average Bonchev–Trinajstić information content (AvgIpc) is 1.27. The molecule has 38 heteroatoms. The number of benzene rings is 6. The number of carbonyl (C=O) groups is 8. The number of phenolic OH excluding ortho intramolecular Hbond substituents is 3. The number of phenols is 3. The van der Waals surface area contributed by atoms with Crippen LogP contribution in [-0.4, -0.2) is 190 Å². The van der Waals surface area contributed by atoms with E-state index < -0.39 is 225 Å². The van der Waals surface area contributed by atoms with E-state index in [1.807, 2.05) is 13.8 Å². The third-order valence-corrected chi connectivity index (χ3v) is 22.4. The Morgan fingerprint density at radius 2 is 1.37 bits per heavy atom. The Kier molecular flexibility index (Phi) is 24.2. The first-order chi connectivity index (χ1) is 52.5. The highest BCUT2D eigenvalue weighted by Crippen LogP contribution is 2.50. The van der Waals surface area contributed by atoms with Crippen molar-refractivity contribution in [3.63, 3.8) is 0 Å². The number of rotatable bonds is 15. The van der Waals surface area contributed by atoms with E-state index in [-0.39, 0.29) is 57.7 Å². The molecule has 33 nitrogen and oxygen atoms in total. The van der Waals surface area contributed by atoms with E-state index in [0.29, 0.717) is 14.9 Å². The number of aliphatic carboxylic acids is 1. The summed E-state index contributed by atoms with van der Waals surface area (Å²) in [6.45, 7) is 6.70. The molecule has 10 unspecified atom stereocenters. The number of thiazole rings is 1. The quantitative estimate of drug-likeness (QED) is 0.0640. The van der Waals surface area contributed by atoms with E-state index in [0.717, 1.165) is 77.1 Å². The van der Waals surface area contributed by atoms with Crippen LogP contribution in [0.3, 0.4) is 0 Å². The van der Waals surface area contributed by atoms with Crippen molar-refractivity contribution in [1.82, 2.24) is 42.2 Å². The molecule has 6 aromatic carbocycles. The van der Waals surface area contributed by atoms with E-state index in [9.17, 15) is 69.9 Å². The van der Waals surface area contributed by atoms with Crippen LogP contribution in [0.1, 0.15) is 105 Å². The van der Waals surface area contributed by atoms with Crippen LogP contribution in [0.15, 0.2) is 101 Å². The monoisotopic (exact) mass is 1630 g/mol. The van der Waals surface area contributed by atoms with Gasteiger partial charge in [-0.3, -0.25) is 33.6 Å². The van der Waals surface area contributed by atoms with Gasteiger partial charge in [-0.05, 0) is 128 Å². The Balaban J connectivity index is 1.09. The molecule has 11 bridgehead atoms. The topological polar surface area (TPSA) is 523 Å². The Bertz CT molecular complexity index is 4830. The molecule has 590 valence electrons. The lowest BCUT2D eigenvalue weighted by Gasteiger charge is -2.47. The number of hydrogen-bond donors (Lipinski definition) is 18. The fourth-order valence-corrected chi connectivity index (χ4v) is 16.3. The summed E-state index contributed by atoms with van der Waals surface area (Å²) >= 11 is 23.1. The normalized spacial score (nSPS) is 27.9. The number of aliphatic hydroxyl groups is 5. The lowest BCUT2D eigenvalue weighted by Crippen LogP contribution is -2.64. The van der Waals surface area contributed by atoms with Crippen molar-refractivity contribution in [2.24, 2.45) is 17.4 Å². The minimum Gasteiger partial charge on any atom is -0.508 e. The van der Waals surface area contributed by atoms with Gasteiger partial charge in [-0.25, -0.2) is 9.78 Å². The molecule has 7 aliphatic heterocycles. The average molecular weight is 1630 g/mol. The fourth-order valence-electron chi connectivity index (χ4n) is 13.6. The van der Waals surface area contributed by atoms with Gasteiger partial charge in [0.05, 0.1) is 51.0 Å². The van der Waals surface area contributed by atoms with Crippen molar-refractivity contribution in [3.8, 4) is 57.1 Å². The molecule has 14 rings (SSSR count). The van der Waals surface area contributed by atoms with Crippen molar-refractivity contribution in [2.75, 3.05) is 12.8 Å². The van der Waals surface area contributed by atoms with Gasteiger partial charge in [0.1, 0.15) is 83.4 Å². The molecule has 1 aromatic heterocycles. The standard InChI is InChI=1S/C73H77Cl3N10O23S2/c1-26(2)14-39(79-5)64(96)85-55-57(91)29-7-11-43(36(75)16-29)105-45-18-31-19-46(61(45)109-71-62(108-50-24-73(4,78)63(95)27(3)104-50)60(94)59(93)47(107-71)25-110-72-81-38-20-32(74)9-13-48(38)111-72)106-44-12-8-30(17-37(44)76)58(92)56-69(101)84-54(70(102)103)35-21-33(87)22-42(89)51(35)34-15-28(6-10-41(34)88)52(66(98)86-56)83-67(99)53(31)82-65(97)40(23-49(77)90)80-68(55)100/h6-13,15-22,26-27,39-40,47,50,52-60,62-63,71,79,87-89,91-95H,14,23-25,78H2,1-5H3,(H2,77,90)(H,80,100)(H,82,97)(H,83,99)(H,84,101)(H,85,96)(H,86,98)(H,102,103)/t27?,39-,40-,47?,50?,52?,53+,54+,55+,56-,57+,58+,59?,60?,62?,63?,71?,73?/m0/s1. The number of primary amides is 1. The Labute approximate surface area is 654 Å². The zero-order valence-electron chi connectivity index (χ0n) is 59.3. The van der Waals surface area contributed by atoms with Crippen LogP contribution < -0.4 is 62.9 Å². The molecule has 8 heterocycles. The summed E-state index contributed by atoms with van der Waals surface area (Å²) in [5.41, 5.74) is 8.79. The number of amides is 7. The number of aromatic nitrogens is 1. The molecule has 0 radical (unpaired) electrons. The number of carboxylic acid groups (broad SMARTS) is 1. The van der Waals surface area contributed by atoms with Crippen molar-refractivity contribution in [2.45, 2.75) is 161 Å². The zero-order valence-corrected chi connectivity index (χ0v) is 63.2. The van der Waals surface area contributed by atoms with Crippen LogP contribution in [0.5, 0.6) is 46.0 Å². The molecule has 0 aliphatic carbocycles. The maximum absolute atomic E-state index is 16.2. The van der Waals surface area contributed by atoms with E-state index in [2.05, 4.69) is 42.2 Å². The third kappa shape index (κ3) is 17.5. The molecule has 2 saturated heterocycles. The number of halogens is 3. The summed E-state index contributed by atoms with van der Waals surface area (Å²) < 4.78 is 41.0. The summed E-state index contributed by atoms with van der Waals surface area (Å²) in [7, 11) is 1.48. The van der Waals surface area contributed by atoms with E-state index in [1.165, 1.54) is 50.4 Å².